The molecule has 0 saturated heterocycles. The molecule has 2 aromatic rings. The van der Waals surface area contributed by atoms with Crippen LogP contribution < -0.4 is 0 Å². The fourth-order valence-corrected chi connectivity index (χ4v) is 3.15. The van der Waals surface area contributed by atoms with Gasteiger partial charge in [0.05, 0.1) is 26.7 Å². The summed E-state index contributed by atoms with van der Waals surface area (Å²) in [5.41, 5.74) is 0. The van der Waals surface area contributed by atoms with Crippen molar-refractivity contribution in [1.82, 2.24) is 0 Å². The van der Waals surface area contributed by atoms with Gasteiger partial charge < -0.3 is 14.6 Å². The van der Waals surface area contributed by atoms with Gasteiger partial charge in [0.1, 0.15) is 9.75 Å². The molecular weight excluding hydrogens is 467 g/mol. The van der Waals surface area contributed by atoms with Crippen LogP contribution in [0.3, 0.4) is 0 Å². The zero-order chi connectivity index (χ0) is 20.1. The van der Waals surface area contributed by atoms with E-state index in [1.54, 1.807) is 18.2 Å². The van der Waals surface area contributed by atoms with Gasteiger partial charge in [0, 0.05) is 31.1 Å². The molecule has 0 unspecified atom stereocenters. The number of carbonyl (C=O) groups is 2. The maximum Gasteiger partial charge on any atom is 0.348 e. The summed E-state index contributed by atoms with van der Waals surface area (Å²) in [7, 11) is 10.1. The van der Waals surface area contributed by atoms with E-state index in [-0.39, 0.29) is 18.5 Å². The number of thiophene rings is 2. The van der Waals surface area contributed by atoms with Gasteiger partial charge in [0.25, 0.3) is 0 Å². The predicted molar refractivity (Wildman–Crippen MR) is 107 cm³/mol. The lowest BCUT2D eigenvalue weighted by Crippen LogP contribution is -1.96. The number of aliphatic hydroxyl groups is 1. The molecule has 2 rings (SSSR count). The van der Waals surface area contributed by atoms with E-state index in [9.17, 15) is 9.59 Å². The minimum Gasteiger partial charge on any atom is -0.465 e. The van der Waals surface area contributed by atoms with Crippen molar-refractivity contribution < 1.29 is 28.4 Å². The molecule has 0 aromatic carbocycles. The number of rotatable bonds is 4. The molecule has 26 heavy (non-hydrogen) atoms. The molecule has 2 aromatic heterocycles. The Kier molecular flexibility index (Phi) is 14.0. The Morgan fingerprint density at radius 2 is 1.38 bits per heavy atom. The van der Waals surface area contributed by atoms with Gasteiger partial charge in [-0.2, -0.15) is 0 Å². The van der Waals surface area contributed by atoms with Crippen LogP contribution in [0.25, 0.3) is 0 Å². The summed E-state index contributed by atoms with van der Waals surface area (Å²) >= 11 is 8.15. The average molecular weight is 482 g/mol. The molecule has 0 aliphatic heterocycles. The third-order valence-electron chi connectivity index (χ3n) is 2.38. The largest absolute Gasteiger partial charge is 0.465 e. The predicted octanol–water partition coefficient (Wildman–Crippen LogP) is 4.34. The lowest BCUT2D eigenvalue weighted by atomic mass is 10.4. The van der Waals surface area contributed by atoms with Crippen molar-refractivity contribution in [2.45, 2.75) is 12.5 Å². The van der Waals surface area contributed by atoms with Crippen molar-refractivity contribution in [1.29, 1.82) is 0 Å². The molecule has 0 amide bonds. The molecule has 0 radical (unpaired) electrons. The smallest absolute Gasteiger partial charge is 0.348 e. The van der Waals surface area contributed by atoms with Crippen molar-refractivity contribution in [3.63, 3.8) is 0 Å². The highest BCUT2D eigenvalue weighted by molar-refractivity contribution is 8.26. The molecule has 146 valence electrons. The number of halogens is 3. The van der Waals surface area contributed by atoms with Crippen LogP contribution in [-0.2, 0) is 31.2 Å². The minimum absolute atomic E-state index is 0.0261. The van der Waals surface area contributed by atoms with Crippen LogP contribution in [0.4, 0.5) is 0 Å². The molecule has 0 bridgehead atoms. The number of carbonyl (C=O) groups excluding carboxylic acids is 2. The first kappa shape index (κ1) is 25.3. The molecule has 1 N–H and O–H groups in total. The van der Waals surface area contributed by atoms with Crippen LogP contribution in [0.1, 0.15) is 29.1 Å². The molecule has 0 fully saturated rings. The third-order valence-corrected chi connectivity index (χ3v) is 4.95. The van der Waals surface area contributed by atoms with Crippen molar-refractivity contribution in [2.75, 3.05) is 14.2 Å². The van der Waals surface area contributed by atoms with Gasteiger partial charge >= 0.3 is 11.9 Å². The van der Waals surface area contributed by atoms with Crippen molar-refractivity contribution in [2.24, 2.45) is 0 Å². The topological polar surface area (TPSA) is 89.9 Å². The van der Waals surface area contributed by atoms with Crippen LogP contribution >= 0.6 is 55.6 Å². The fraction of sp³-hybridized carbons (Fsp3) is 0.286. The molecular formula is C14H15Cl3O6S3. The lowest BCUT2D eigenvalue weighted by Gasteiger charge is -1.91. The van der Waals surface area contributed by atoms with E-state index in [1.807, 2.05) is 6.07 Å². The van der Waals surface area contributed by atoms with E-state index in [0.717, 1.165) is 9.75 Å². The van der Waals surface area contributed by atoms with E-state index in [4.69, 9.17) is 20.9 Å². The Balaban J connectivity index is 0.000000401. The Bertz CT molecular complexity index is 658. The summed E-state index contributed by atoms with van der Waals surface area (Å²) in [5.74, 6) is -0.206. The van der Waals surface area contributed by atoms with E-state index < -0.39 is 9.23 Å². The van der Waals surface area contributed by atoms with E-state index in [1.165, 1.54) is 36.9 Å². The van der Waals surface area contributed by atoms with Gasteiger partial charge in [-0.25, -0.2) is 13.8 Å². The maximum absolute atomic E-state index is 10.9. The van der Waals surface area contributed by atoms with E-state index in [2.05, 4.69) is 30.8 Å². The second-order valence-corrected chi connectivity index (χ2v) is 9.12. The van der Waals surface area contributed by atoms with Crippen LogP contribution in [0.2, 0.25) is 0 Å². The molecule has 0 spiro atoms. The first-order valence-electron chi connectivity index (χ1n) is 6.54. The molecule has 0 aliphatic rings. The minimum atomic E-state index is -1.67. The monoisotopic (exact) mass is 480 g/mol. The summed E-state index contributed by atoms with van der Waals surface area (Å²) in [4.78, 5) is 24.6. The number of hydrogen-bond acceptors (Lipinski definition) is 8. The van der Waals surface area contributed by atoms with Gasteiger partial charge in [-0.3, -0.25) is 0 Å². The molecule has 2 heterocycles. The molecule has 0 aliphatic carbocycles. The number of ether oxygens (including phenoxy) is 2. The van der Waals surface area contributed by atoms with E-state index >= 15 is 0 Å². The summed E-state index contributed by atoms with van der Waals surface area (Å²) in [6.45, 7) is -0.0261. The summed E-state index contributed by atoms with van der Waals surface area (Å²) < 4.78 is 18.1. The second kappa shape index (κ2) is 14.4. The Morgan fingerprint density at radius 3 is 1.65 bits per heavy atom. The van der Waals surface area contributed by atoms with Gasteiger partial charge in [0.2, 0.25) is 9.23 Å². The maximum atomic E-state index is 10.9. The van der Waals surface area contributed by atoms with Crippen LogP contribution in [0.15, 0.2) is 24.3 Å². The van der Waals surface area contributed by atoms with Crippen LogP contribution in [-0.4, -0.2) is 35.5 Å². The van der Waals surface area contributed by atoms with Crippen molar-refractivity contribution in [3.05, 3.63) is 43.8 Å². The quantitative estimate of drug-likeness (QED) is 0.397. The van der Waals surface area contributed by atoms with Gasteiger partial charge in [-0.05, 0) is 24.3 Å². The number of methoxy groups -OCH3 is 2. The molecule has 12 heteroatoms. The fourth-order valence-electron chi connectivity index (χ4n) is 1.33. The Hall–Kier alpha value is -0.680. The van der Waals surface area contributed by atoms with Crippen molar-refractivity contribution in [3.8, 4) is 0 Å². The third kappa shape index (κ3) is 10.5. The number of aliphatic hydroxyl groups excluding tert-OH is 1. The lowest BCUT2D eigenvalue weighted by molar-refractivity contribution is 0.0597. The average Bonchev–Trinajstić information content (AvgIpc) is 3.29. The van der Waals surface area contributed by atoms with Crippen LogP contribution in [0, 0.1) is 0 Å². The van der Waals surface area contributed by atoms with Gasteiger partial charge in [-0.15, -0.1) is 34.3 Å². The highest BCUT2D eigenvalue weighted by atomic mass is 36.0. The first-order valence-corrected chi connectivity index (χ1v) is 11.5. The molecule has 6 nitrogen and oxygen atoms in total. The molecule has 0 saturated carbocycles. The zero-order valence-corrected chi connectivity index (χ0v) is 18.3. The Labute approximate surface area is 175 Å². The second-order valence-electron chi connectivity index (χ2n) is 3.99. The molecule has 0 atom stereocenters. The standard InChI is InChI=1S/C7H7ClO2S.C7H8O3S.Cl2OS/c2*1-10-7(9)6-3-2-5(4-8)11-6;1-4(2)3/h2-3H,4H2,1H3;2-3,8H,4H2,1H3;. The number of esters is 2. The van der Waals surface area contributed by atoms with Gasteiger partial charge in [-0.1, -0.05) is 0 Å². The van der Waals surface area contributed by atoms with E-state index in [0.29, 0.717) is 15.6 Å². The Morgan fingerprint density at radius 1 is 1.00 bits per heavy atom. The SMILES string of the molecule is COC(=O)c1ccc(CCl)s1.COC(=O)c1ccc(CO)s1.O=S(Cl)Cl. The number of hydrogen-bond donors (Lipinski definition) is 1. The van der Waals surface area contributed by atoms with Crippen molar-refractivity contribution >= 4 is 76.8 Å². The summed E-state index contributed by atoms with van der Waals surface area (Å²) in [6.07, 6.45) is 0. The first-order chi connectivity index (χ1) is 12.3. The van der Waals surface area contributed by atoms with Crippen LogP contribution in [0.5, 0.6) is 0 Å². The summed E-state index contributed by atoms with van der Waals surface area (Å²) in [6, 6.07) is 6.89. The zero-order valence-electron chi connectivity index (χ0n) is 13.6. The highest BCUT2D eigenvalue weighted by Crippen LogP contribution is 2.18. The number of alkyl halides is 1. The van der Waals surface area contributed by atoms with Gasteiger partial charge in [0.15, 0.2) is 0 Å². The summed E-state index contributed by atoms with van der Waals surface area (Å²) in [5, 5.41) is 8.66. The highest BCUT2D eigenvalue weighted by Gasteiger charge is 2.08. The normalized spacial score (nSPS) is 9.50.